The number of nitrogens with one attached hydrogen (secondary N) is 1. The molecule has 0 saturated carbocycles. The van der Waals surface area contributed by atoms with Gasteiger partial charge in [-0.2, -0.15) is 0 Å². The molecule has 0 bridgehead atoms. The van der Waals surface area contributed by atoms with Crippen LogP contribution in [0.15, 0.2) is 46.9 Å². The third-order valence-electron chi connectivity index (χ3n) is 3.79. The molecule has 1 unspecified atom stereocenters. The van der Waals surface area contributed by atoms with E-state index in [1.54, 1.807) is 12.1 Å². The molecule has 4 nitrogen and oxygen atoms in total. The van der Waals surface area contributed by atoms with Crippen LogP contribution in [0.25, 0.3) is 0 Å². The van der Waals surface area contributed by atoms with E-state index in [-0.39, 0.29) is 11.8 Å². The molecule has 0 aliphatic carbocycles. The van der Waals surface area contributed by atoms with Crippen LogP contribution < -0.4 is 16.8 Å². The number of rotatable bonds is 5. The van der Waals surface area contributed by atoms with Gasteiger partial charge >= 0.3 is 0 Å². The molecule has 0 fully saturated rings. The monoisotopic (exact) mass is 319 g/mol. The number of allylic oxidation sites excluding steroid dienone is 3. The van der Waals surface area contributed by atoms with E-state index in [0.717, 1.165) is 22.4 Å². The third kappa shape index (κ3) is 6.27. The van der Waals surface area contributed by atoms with Crippen LogP contribution in [-0.4, -0.2) is 5.11 Å². The predicted molar refractivity (Wildman–Crippen MR) is 99.6 cm³/mol. The number of phenolic OH excluding ortho intramolecular Hbond substituents is 1. The van der Waals surface area contributed by atoms with Gasteiger partial charge in [0.1, 0.15) is 5.75 Å². The zero-order valence-electron chi connectivity index (χ0n) is 15.6. The summed E-state index contributed by atoms with van der Waals surface area (Å²) in [5.74, 6) is 1.17. The number of hydrogen-bond acceptors (Lipinski definition) is 4. The molecule has 23 heavy (non-hydrogen) atoms. The van der Waals surface area contributed by atoms with Crippen molar-refractivity contribution in [3.8, 4) is 5.75 Å². The molecule has 1 aromatic rings. The highest BCUT2D eigenvalue weighted by molar-refractivity contribution is 5.35. The van der Waals surface area contributed by atoms with Gasteiger partial charge in [-0.15, -0.1) is 0 Å². The highest BCUT2D eigenvalue weighted by Gasteiger charge is 2.10. The Morgan fingerprint density at radius 1 is 0.957 bits per heavy atom. The first-order valence-corrected chi connectivity index (χ1v) is 8.22. The summed E-state index contributed by atoms with van der Waals surface area (Å²) < 4.78 is 0. The fraction of sp³-hybridized carbons (Fsp3) is 0.474. The van der Waals surface area contributed by atoms with Crippen LogP contribution in [0.3, 0.4) is 0 Å². The lowest BCUT2D eigenvalue weighted by molar-refractivity contribution is 0.474. The maximum absolute atomic E-state index is 9.32. The van der Waals surface area contributed by atoms with E-state index in [1.165, 1.54) is 0 Å². The molecule has 0 aliphatic rings. The zero-order chi connectivity index (χ0) is 18.2. The van der Waals surface area contributed by atoms with Crippen molar-refractivity contribution in [2.45, 2.75) is 54.5 Å². The Labute approximate surface area is 141 Å². The molecule has 0 radical (unpaired) electrons. The van der Waals surface area contributed by atoms with E-state index < -0.39 is 0 Å². The molecule has 4 heteroatoms. The number of hydrogen-bond donors (Lipinski definition) is 4. The molecular weight excluding hydrogens is 286 g/mol. The van der Waals surface area contributed by atoms with Gasteiger partial charge < -0.3 is 21.9 Å². The molecule has 1 rings (SSSR count). The highest BCUT2D eigenvalue weighted by Crippen LogP contribution is 2.20. The van der Waals surface area contributed by atoms with Crippen molar-refractivity contribution >= 4 is 0 Å². The van der Waals surface area contributed by atoms with Crippen LogP contribution in [0.4, 0.5) is 0 Å². The summed E-state index contributed by atoms with van der Waals surface area (Å²) in [7, 11) is 0. The summed E-state index contributed by atoms with van der Waals surface area (Å²) in [6, 6.07) is 7.14. The highest BCUT2D eigenvalue weighted by atomic mass is 16.3. The minimum Gasteiger partial charge on any atom is -0.508 e. The number of phenols is 1. The Morgan fingerprint density at radius 3 is 1.87 bits per heavy atom. The molecule has 0 aliphatic heterocycles. The minimum absolute atomic E-state index is 0.0497. The average Bonchev–Trinajstić information content (AvgIpc) is 2.54. The molecular formula is C19H33N3O. The summed E-state index contributed by atoms with van der Waals surface area (Å²) >= 11 is 0. The Bertz CT molecular complexity index is 542. The maximum atomic E-state index is 9.32. The van der Waals surface area contributed by atoms with Crippen molar-refractivity contribution in [3.63, 3.8) is 0 Å². The van der Waals surface area contributed by atoms with E-state index in [4.69, 9.17) is 11.5 Å². The van der Waals surface area contributed by atoms with E-state index >= 15 is 0 Å². The van der Waals surface area contributed by atoms with Gasteiger partial charge in [-0.3, -0.25) is 0 Å². The van der Waals surface area contributed by atoms with Crippen molar-refractivity contribution in [3.05, 3.63) is 52.5 Å². The molecule has 0 aromatic heterocycles. The van der Waals surface area contributed by atoms with Gasteiger partial charge in [0.05, 0.1) is 5.82 Å². The SMILES string of the molecule is CC.CC(=C(/N)C(C)C)/C(C)=C(\N)NC(C)c1ccc(O)cc1. The lowest BCUT2D eigenvalue weighted by Gasteiger charge is -2.19. The van der Waals surface area contributed by atoms with Gasteiger partial charge in [0.25, 0.3) is 0 Å². The molecule has 130 valence electrons. The lowest BCUT2D eigenvalue weighted by atomic mass is 10.0. The van der Waals surface area contributed by atoms with Crippen molar-refractivity contribution in [1.82, 2.24) is 5.32 Å². The second-order valence-electron chi connectivity index (χ2n) is 5.73. The summed E-state index contributed by atoms with van der Waals surface area (Å²) in [5.41, 5.74) is 16.1. The average molecular weight is 319 g/mol. The third-order valence-corrected chi connectivity index (χ3v) is 3.79. The number of nitrogens with two attached hydrogens (primary N) is 2. The van der Waals surface area contributed by atoms with Crippen LogP contribution in [0, 0.1) is 5.92 Å². The maximum Gasteiger partial charge on any atom is 0.115 e. The quantitative estimate of drug-likeness (QED) is 0.614. The largest absolute Gasteiger partial charge is 0.508 e. The zero-order valence-corrected chi connectivity index (χ0v) is 15.6. The summed E-state index contributed by atoms with van der Waals surface area (Å²) in [4.78, 5) is 0. The molecule has 1 atom stereocenters. The Morgan fingerprint density at radius 2 is 1.43 bits per heavy atom. The normalized spacial score (nSPS) is 14.3. The first kappa shape index (κ1) is 20.9. The fourth-order valence-electron chi connectivity index (χ4n) is 2.04. The second kappa shape index (κ2) is 9.82. The smallest absolute Gasteiger partial charge is 0.115 e. The number of aromatic hydroxyl groups is 1. The standard InChI is InChI=1S/C17H27N3O.C2H6/c1-10(2)16(18)11(3)12(4)17(19)20-13(5)14-6-8-15(21)9-7-14;1-2/h6-10,13,20-21H,18-19H2,1-5H3;1-2H3/b16-11-,17-12+;. The topological polar surface area (TPSA) is 84.3 Å². The van der Waals surface area contributed by atoms with Crippen LogP contribution in [-0.2, 0) is 0 Å². The van der Waals surface area contributed by atoms with Crippen LogP contribution in [0.1, 0.15) is 60.1 Å². The summed E-state index contributed by atoms with van der Waals surface area (Å²) in [6.45, 7) is 14.1. The van der Waals surface area contributed by atoms with E-state index in [1.807, 2.05) is 46.8 Å². The first-order valence-electron chi connectivity index (χ1n) is 8.22. The van der Waals surface area contributed by atoms with Gasteiger partial charge in [0, 0.05) is 11.7 Å². The van der Waals surface area contributed by atoms with E-state index in [2.05, 4.69) is 19.2 Å². The van der Waals surface area contributed by atoms with Gasteiger partial charge in [0.15, 0.2) is 0 Å². The van der Waals surface area contributed by atoms with Gasteiger partial charge in [-0.25, -0.2) is 0 Å². The Kier molecular flexibility index (Phi) is 8.93. The first-order chi connectivity index (χ1) is 10.7. The molecule has 6 N–H and O–H groups in total. The van der Waals surface area contributed by atoms with Gasteiger partial charge in [-0.1, -0.05) is 39.8 Å². The van der Waals surface area contributed by atoms with E-state index in [0.29, 0.717) is 11.7 Å². The molecule has 0 amide bonds. The van der Waals surface area contributed by atoms with Crippen molar-refractivity contribution in [2.75, 3.05) is 0 Å². The lowest BCUT2D eigenvalue weighted by Crippen LogP contribution is -2.25. The second-order valence-corrected chi connectivity index (χ2v) is 5.73. The predicted octanol–water partition coefficient (Wildman–Crippen LogP) is 4.15. The van der Waals surface area contributed by atoms with Crippen LogP contribution in [0.5, 0.6) is 5.75 Å². The fourth-order valence-corrected chi connectivity index (χ4v) is 2.04. The van der Waals surface area contributed by atoms with Crippen LogP contribution >= 0.6 is 0 Å². The molecule has 0 saturated heterocycles. The van der Waals surface area contributed by atoms with Crippen molar-refractivity contribution in [1.29, 1.82) is 0 Å². The van der Waals surface area contributed by atoms with Gasteiger partial charge in [0.2, 0.25) is 0 Å². The van der Waals surface area contributed by atoms with E-state index in [9.17, 15) is 5.11 Å². The summed E-state index contributed by atoms with van der Waals surface area (Å²) in [6.07, 6.45) is 0. The van der Waals surface area contributed by atoms with Crippen molar-refractivity contribution < 1.29 is 5.11 Å². The molecule has 1 aromatic carbocycles. The minimum atomic E-state index is 0.0497. The van der Waals surface area contributed by atoms with Crippen molar-refractivity contribution in [2.24, 2.45) is 17.4 Å². The van der Waals surface area contributed by atoms with Gasteiger partial charge in [-0.05, 0) is 55.5 Å². The molecule has 0 heterocycles. The number of benzene rings is 1. The Balaban J connectivity index is 0.00000232. The molecule has 0 spiro atoms. The van der Waals surface area contributed by atoms with Crippen LogP contribution in [0.2, 0.25) is 0 Å². The summed E-state index contributed by atoms with van der Waals surface area (Å²) in [5, 5.41) is 12.6. The Hall–Kier alpha value is -2.10.